The van der Waals surface area contributed by atoms with Gasteiger partial charge >= 0.3 is 11.9 Å². The Morgan fingerprint density at radius 3 is 2.04 bits per heavy atom. The number of hydrogen-bond donors (Lipinski definition) is 5. The van der Waals surface area contributed by atoms with Crippen LogP contribution in [-0.2, 0) is 30.0 Å². The van der Waals surface area contributed by atoms with E-state index in [-0.39, 0.29) is 50.3 Å². The Bertz CT molecular complexity index is 1580. The normalized spacial score (nSPS) is 18.3. The molecule has 1 fully saturated rings. The van der Waals surface area contributed by atoms with E-state index in [1.165, 1.54) is 12.1 Å². The summed E-state index contributed by atoms with van der Waals surface area (Å²) in [6.45, 7) is 3.79. The lowest BCUT2D eigenvalue weighted by molar-refractivity contribution is -0.133. The van der Waals surface area contributed by atoms with Gasteiger partial charge in [0.2, 0.25) is 11.8 Å². The molecule has 0 saturated carbocycles. The molecule has 0 spiro atoms. The second-order valence-corrected chi connectivity index (χ2v) is 13.7. The monoisotopic (exact) mass is 676 g/mol. The van der Waals surface area contributed by atoms with Gasteiger partial charge in [-0.15, -0.1) is 0 Å². The van der Waals surface area contributed by atoms with Gasteiger partial charge in [0, 0.05) is 51.0 Å². The molecule has 2 aliphatic rings. The summed E-state index contributed by atoms with van der Waals surface area (Å²) in [5.74, 6) is -5.44. The van der Waals surface area contributed by atoms with E-state index in [0.717, 1.165) is 0 Å². The number of dihydropyridines is 1. The maximum Gasteiger partial charge on any atom is 0.334 e. The lowest BCUT2D eigenvalue weighted by Gasteiger charge is -2.35. The molecule has 1 unspecified atom stereocenters. The number of carboxylic acid groups (broad SMARTS) is 2. The second-order valence-electron chi connectivity index (χ2n) is 11.4. The first-order valence-electron chi connectivity index (χ1n) is 14.1. The van der Waals surface area contributed by atoms with Crippen molar-refractivity contribution in [2.75, 3.05) is 18.8 Å². The number of carbonyl (C=O) groups excluding carboxylic acids is 2. The summed E-state index contributed by atoms with van der Waals surface area (Å²) in [5.41, 5.74) is 4.00. The molecule has 2 aliphatic heterocycles. The molecule has 0 radical (unpaired) electrons. The zero-order valence-corrected chi connectivity index (χ0v) is 27.0. The minimum atomic E-state index is -1.73. The maximum absolute atomic E-state index is 13.6. The summed E-state index contributed by atoms with van der Waals surface area (Å²) in [5, 5.41) is 26.7. The molecule has 2 atom stereocenters. The summed E-state index contributed by atoms with van der Waals surface area (Å²) in [6.07, 6.45) is 0.517. The highest BCUT2D eigenvalue weighted by molar-refractivity contribution is 7.85. The van der Waals surface area contributed by atoms with Gasteiger partial charge in [-0.25, -0.2) is 9.59 Å². The Balaban J connectivity index is 1.70. The highest BCUT2D eigenvalue weighted by Gasteiger charge is 2.41. The molecule has 1 saturated heterocycles. The van der Waals surface area contributed by atoms with Gasteiger partial charge in [0.05, 0.1) is 45.6 Å². The first-order valence-corrected chi connectivity index (χ1v) is 16.2. The third-order valence-corrected chi connectivity index (χ3v) is 9.66. The second kappa shape index (κ2) is 14.2. The summed E-state index contributed by atoms with van der Waals surface area (Å²) in [4.78, 5) is 53.5. The summed E-state index contributed by atoms with van der Waals surface area (Å²) in [7, 11) is -1.73. The quantitative estimate of drug-likeness (QED) is 0.252. The van der Waals surface area contributed by atoms with Crippen LogP contribution in [0.5, 0.6) is 0 Å². The number of hydrogen-bond acceptors (Lipinski definition) is 7. The van der Waals surface area contributed by atoms with Crippen LogP contribution in [0.15, 0.2) is 76.0 Å². The lowest BCUT2D eigenvalue weighted by atomic mass is 9.79. The minimum absolute atomic E-state index is 0.0238. The van der Waals surface area contributed by atoms with E-state index in [4.69, 9.17) is 28.9 Å². The van der Waals surface area contributed by atoms with Crippen LogP contribution in [0.4, 0.5) is 0 Å². The number of amides is 2. The fourth-order valence-corrected chi connectivity index (χ4v) is 7.07. The number of benzene rings is 2. The third-order valence-electron chi connectivity index (χ3n) is 7.66. The molecule has 0 bridgehead atoms. The summed E-state index contributed by atoms with van der Waals surface area (Å²) >= 11 is 13.0. The number of likely N-dealkylation sites (tertiary alicyclic amines) is 1. The standard InChI is InChI=1S/C31H34Cl2N4O7S/c1-31(2,34)30(43)35-17-11-13-37(14-12-17)23(38)15-21-25(28(39)40)27(24-19(32)9-6-10-20(24)33)26(29(41)42)22(36-21)16-45(44)18-7-4-3-5-8-18/h3-10,17,27,36H,11-16,34H2,1-2H3,(H,35,43)(H,39,40)(H,41,42)/t27?,45-/m0/s1. The Kier molecular flexibility index (Phi) is 10.7. The lowest BCUT2D eigenvalue weighted by Crippen LogP contribution is -2.54. The van der Waals surface area contributed by atoms with E-state index in [1.54, 1.807) is 55.1 Å². The number of aliphatic carboxylic acids is 2. The van der Waals surface area contributed by atoms with Crippen molar-refractivity contribution in [3.63, 3.8) is 0 Å². The van der Waals surface area contributed by atoms with Gasteiger partial charge in [0.1, 0.15) is 0 Å². The molecule has 14 heteroatoms. The van der Waals surface area contributed by atoms with Crippen LogP contribution in [0.2, 0.25) is 10.0 Å². The number of piperidine rings is 1. The van der Waals surface area contributed by atoms with Crippen LogP contribution in [0, 0.1) is 0 Å². The largest absolute Gasteiger partial charge is 0.478 e. The molecule has 240 valence electrons. The van der Waals surface area contributed by atoms with Crippen molar-refractivity contribution in [3.8, 4) is 0 Å². The van der Waals surface area contributed by atoms with Gasteiger partial charge in [-0.1, -0.05) is 47.5 Å². The van der Waals surface area contributed by atoms with Crippen LogP contribution < -0.4 is 16.4 Å². The van der Waals surface area contributed by atoms with Gasteiger partial charge < -0.3 is 31.5 Å². The highest BCUT2D eigenvalue weighted by atomic mass is 35.5. The van der Waals surface area contributed by atoms with E-state index in [1.807, 2.05) is 0 Å². The minimum Gasteiger partial charge on any atom is -0.478 e. The number of nitrogens with two attached hydrogens (primary N) is 1. The molecule has 2 heterocycles. The first-order chi connectivity index (χ1) is 21.2. The van der Waals surface area contributed by atoms with Gasteiger partial charge in [-0.05, 0) is 51.0 Å². The smallest absolute Gasteiger partial charge is 0.334 e. The van der Waals surface area contributed by atoms with Gasteiger partial charge in [-0.2, -0.15) is 0 Å². The van der Waals surface area contributed by atoms with Crippen molar-refractivity contribution in [2.45, 2.75) is 55.5 Å². The van der Waals surface area contributed by atoms with E-state index < -0.39 is 52.1 Å². The van der Waals surface area contributed by atoms with Crippen molar-refractivity contribution >= 4 is 57.8 Å². The summed E-state index contributed by atoms with van der Waals surface area (Å²) < 4.78 is 13.4. The molecule has 2 aromatic carbocycles. The Labute approximate surface area is 272 Å². The van der Waals surface area contributed by atoms with Crippen LogP contribution in [-0.4, -0.2) is 73.5 Å². The van der Waals surface area contributed by atoms with Crippen LogP contribution in [0.25, 0.3) is 0 Å². The molecular formula is C31H34Cl2N4O7S. The molecular weight excluding hydrogens is 643 g/mol. The average Bonchev–Trinajstić information content (AvgIpc) is 2.97. The molecule has 6 N–H and O–H groups in total. The molecule has 0 aromatic heterocycles. The molecule has 0 aliphatic carbocycles. The zero-order valence-electron chi connectivity index (χ0n) is 24.6. The fourth-order valence-electron chi connectivity index (χ4n) is 5.34. The average molecular weight is 678 g/mol. The number of carboxylic acids is 2. The zero-order chi connectivity index (χ0) is 33.1. The molecule has 4 rings (SSSR count). The van der Waals surface area contributed by atoms with Crippen molar-refractivity contribution in [2.24, 2.45) is 5.73 Å². The SMILES string of the molecule is CC(C)(N)C(=O)NC1CCN(C(=O)CC2=C(C(=O)O)C(c3c(Cl)cccc3Cl)C(C(=O)O)=C(C[S@](=O)c3ccccc3)N2)CC1. The van der Waals surface area contributed by atoms with E-state index >= 15 is 0 Å². The van der Waals surface area contributed by atoms with Crippen LogP contribution in [0.3, 0.4) is 0 Å². The molecule has 11 nitrogen and oxygen atoms in total. The van der Waals surface area contributed by atoms with E-state index in [2.05, 4.69) is 10.6 Å². The number of nitrogens with zero attached hydrogens (tertiary/aromatic N) is 1. The summed E-state index contributed by atoms with van der Waals surface area (Å²) in [6, 6.07) is 12.7. The van der Waals surface area contributed by atoms with Crippen LogP contribution in [0.1, 0.15) is 44.6 Å². The fraction of sp³-hybridized carbons (Fsp3) is 0.355. The Hall–Kier alpha value is -3.71. The molecule has 2 aromatic rings. The van der Waals surface area contributed by atoms with E-state index in [9.17, 15) is 33.6 Å². The predicted octanol–water partition coefficient (Wildman–Crippen LogP) is 3.40. The van der Waals surface area contributed by atoms with Crippen molar-refractivity contribution in [1.82, 2.24) is 15.5 Å². The number of rotatable bonds is 10. The number of halogens is 2. The number of nitrogens with one attached hydrogen (secondary N) is 2. The van der Waals surface area contributed by atoms with Crippen LogP contribution >= 0.6 is 23.2 Å². The topological polar surface area (TPSA) is 179 Å². The first kappa shape index (κ1) is 34.2. The Morgan fingerprint density at radius 1 is 0.956 bits per heavy atom. The maximum atomic E-state index is 13.6. The molecule has 2 amide bonds. The van der Waals surface area contributed by atoms with Crippen molar-refractivity contribution < 1.29 is 33.6 Å². The van der Waals surface area contributed by atoms with Gasteiger partial charge in [0.25, 0.3) is 0 Å². The van der Waals surface area contributed by atoms with Crippen molar-refractivity contribution in [1.29, 1.82) is 0 Å². The Morgan fingerprint density at radius 2 is 1.51 bits per heavy atom. The van der Waals surface area contributed by atoms with Crippen molar-refractivity contribution in [3.05, 3.63) is 86.7 Å². The highest BCUT2D eigenvalue weighted by Crippen LogP contribution is 2.45. The molecule has 45 heavy (non-hydrogen) atoms. The third kappa shape index (κ3) is 7.93. The predicted molar refractivity (Wildman–Crippen MR) is 170 cm³/mol. The van der Waals surface area contributed by atoms with E-state index in [0.29, 0.717) is 30.8 Å². The van der Waals surface area contributed by atoms with Gasteiger partial charge in [0.15, 0.2) is 0 Å². The van der Waals surface area contributed by atoms with Gasteiger partial charge in [-0.3, -0.25) is 13.8 Å². The number of carbonyl (C=O) groups is 4.